The number of hydrogen-bond acceptors (Lipinski definition) is 3. The number of pyridine rings is 1. The van der Waals surface area contributed by atoms with Crippen molar-refractivity contribution in [3.05, 3.63) is 28.8 Å². The highest BCUT2D eigenvalue weighted by Crippen LogP contribution is 2.16. The van der Waals surface area contributed by atoms with Gasteiger partial charge in [-0.1, -0.05) is 11.6 Å². The first kappa shape index (κ1) is 9.38. The molecule has 1 unspecified atom stereocenters. The number of rotatable bonds is 2. The van der Waals surface area contributed by atoms with Gasteiger partial charge in [0.05, 0.1) is 5.02 Å². The first-order valence-electron chi connectivity index (χ1n) is 3.41. The quantitative estimate of drug-likeness (QED) is 0.678. The van der Waals surface area contributed by atoms with Crippen molar-refractivity contribution in [3.8, 4) is 0 Å². The van der Waals surface area contributed by atoms with Crippen molar-refractivity contribution < 1.29 is 4.39 Å². The third-order valence-electron chi connectivity index (χ3n) is 1.50. The van der Waals surface area contributed by atoms with Gasteiger partial charge in [0.25, 0.3) is 0 Å². The van der Waals surface area contributed by atoms with Gasteiger partial charge in [0.1, 0.15) is 0 Å². The van der Waals surface area contributed by atoms with Crippen molar-refractivity contribution in [2.24, 2.45) is 11.5 Å². The van der Waals surface area contributed by atoms with Crippen LogP contribution in [0.2, 0.25) is 5.02 Å². The fraction of sp³-hybridized carbons (Fsp3) is 0.286. The fourth-order valence-electron chi connectivity index (χ4n) is 0.775. The number of nitrogens with two attached hydrogens (primary N) is 2. The molecule has 1 atom stereocenters. The molecular weight excluding hydrogens is 181 g/mol. The molecule has 0 spiro atoms. The molecule has 4 N–H and O–H groups in total. The number of aromatic nitrogens is 1. The summed E-state index contributed by atoms with van der Waals surface area (Å²) in [4.78, 5) is 3.41. The van der Waals surface area contributed by atoms with Crippen LogP contribution in [-0.2, 0) is 0 Å². The monoisotopic (exact) mass is 189 g/mol. The largest absolute Gasteiger partial charge is 0.329 e. The zero-order valence-electron chi connectivity index (χ0n) is 6.30. The van der Waals surface area contributed by atoms with E-state index in [-0.39, 0.29) is 17.6 Å². The summed E-state index contributed by atoms with van der Waals surface area (Å²) in [6.45, 7) is 0.281. The van der Waals surface area contributed by atoms with Gasteiger partial charge in [0.2, 0.25) is 5.95 Å². The van der Waals surface area contributed by atoms with E-state index in [0.29, 0.717) is 5.56 Å². The van der Waals surface area contributed by atoms with E-state index in [1.165, 1.54) is 12.3 Å². The van der Waals surface area contributed by atoms with Crippen LogP contribution < -0.4 is 11.5 Å². The van der Waals surface area contributed by atoms with E-state index in [2.05, 4.69) is 4.98 Å². The van der Waals surface area contributed by atoms with Crippen molar-refractivity contribution in [2.45, 2.75) is 6.04 Å². The second kappa shape index (κ2) is 3.80. The van der Waals surface area contributed by atoms with Gasteiger partial charge in [-0.2, -0.15) is 4.39 Å². The van der Waals surface area contributed by atoms with Gasteiger partial charge < -0.3 is 11.5 Å². The van der Waals surface area contributed by atoms with Crippen LogP contribution in [0, 0.1) is 5.95 Å². The first-order chi connectivity index (χ1) is 5.65. The molecule has 0 aliphatic heterocycles. The van der Waals surface area contributed by atoms with Gasteiger partial charge in [0.15, 0.2) is 0 Å². The predicted octanol–water partition coefficient (Wildman–Crippen LogP) is 0.833. The maximum absolute atomic E-state index is 12.6. The smallest absolute Gasteiger partial charge is 0.231 e. The topological polar surface area (TPSA) is 64.9 Å². The normalized spacial score (nSPS) is 13.0. The molecule has 0 saturated heterocycles. The van der Waals surface area contributed by atoms with E-state index in [1.54, 1.807) is 0 Å². The summed E-state index contributed by atoms with van der Waals surface area (Å²) in [7, 11) is 0. The molecule has 0 bridgehead atoms. The Hall–Kier alpha value is -0.710. The molecule has 0 aliphatic rings. The highest BCUT2D eigenvalue weighted by molar-refractivity contribution is 6.30. The van der Waals surface area contributed by atoms with Crippen LogP contribution in [0.3, 0.4) is 0 Å². The Labute approximate surface area is 74.5 Å². The van der Waals surface area contributed by atoms with Crippen molar-refractivity contribution in [2.75, 3.05) is 6.54 Å². The molecule has 0 aliphatic carbocycles. The van der Waals surface area contributed by atoms with E-state index >= 15 is 0 Å². The fourth-order valence-corrected chi connectivity index (χ4v) is 0.950. The Morgan fingerprint density at radius 1 is 1.67 bits per heavy atom. The van der Waals surface area contributed by atoms with Gasteiger partial charge >= 0.3 is 0 Å². The molecule has 3 nitrogen and oxygen atoms in total. The molecule has 12 heavy (non-hydrogen) atoms. The lowest BCUT2D eigenvalue weighted by atomic mass is 10.1. The number of nitrogens with zero attached hydrogens (tertiary/aromatic N) is 1. The zero-order chi connectivity index (χ0) is 9.14. The Morgan fingerprint density at radius 3 is 2.83 bits per heavy atom. The van der Waals surface area contributed by atoms with E-state index in [9.17, 15) is 4.39 Å². The molecule has 0 fully saturated rings. The lowest BCUT2D eigenvalue weighted by Crippen LogP contribution is -2.20. The van der Waals surface area contributed by atoms with Gasteiger partial charge in [-0.15, -0.1) is 0 Å². The first-order valence-corrected chi connectivity index (χ1v) is 3.79. The molecule has 66 valence electrons. The summed E-state index contributed by atoms with van der Waals surface area (Å²) >= 11 is 5.48. The van der Waals surface area contributed by atoms with E-state index in [4.69, 9.17) is 23.1 Å². The van der Waals surface area contributed by atoms with Gasteiger partial charge in [0, 0.05) is 18.8 Å². The molecular formula is C7H9ClFN3. The third kappa shape index (κ3) is 1.91. The van der Waals surface area contributed by atoms with Crippen LogP contribution in [0.25, 0.3) is 0 Å². The Bertz CT molecular complexity index is 279. The summed E-state index contributed by atoms with van der Waals surface area (Å²) in [5, 5.41) is -0.0311. The minimum absolute atomic E-state index is 0.0311. The van der Waals surface area contributed by atoms with Crippen molar-refractivity contribution in [1.29, 1.82) is 0 Å². The van der Waals surface area contributed by atoms with Crippen LogP contribution in [0.1, 0.15) is 11.6 Å². The second-order valence-corrected chi connectivity index (χ2v) is 2.79. The molecule has 1 heterocycles. The van der Waals surface area contributed by atoms with Gasteiger partial charge in [-0.25, -0.2) is 4.98 Å². The lowest BCUT2D eigenvalue weighted by Gasteiger charge is -2.08. The summed E-state index contributed by atoms with van der Waals surface area (Å²) in [5.74, 6) is -0.690. The van der Waals surface area contributed by atoms with Gasteiger partial charge in [-0.05, 0) is 11.6 Å². The average molecular weight is 190 g/mol. The van der Waals surface area contributed by atoms with E-state index < -0.39 is 5.95 Å². The Morgan fingerprint density at radius 2 is 2.33 bits per heavy atom. The predicted molar refractivity (Wildman–Crippen MR) is 45.2 cm³/mol. The maximum Gasteiger partial charge on any atom is 0.231 e. The molecule has 0 saturated carbocycles. The van der Waals surface area contributed by atoms with Gasteiger partial charge in [-0.3, -0.25) is 0 Å². The molecule has 1 rings (SSSR count). The summed E-state index contributed by atoms with van der Waals surface area (Å²) in [5.41, 5.74) is 11.5. The zero-order valence-corrected chi connectivity index (χ0v) is 7.05. The van der Waals surface area contributed by atoms with Crippen molar-refractivity contribution in [3.63, 3.8) is 0 Å². The molecule has 5 heteroatoms. The van der Waals surface area contributed by atoms with Crippen molar-refractivity contribution >= 4 is 11.6 Å². The minimum Gasteiger partial charge on any atom is -0.329 e. The molecule has 0 radical (unpaired) electrons. The summed E-state index contributed by atoms with van der Waals surface area (Å²) < 4.78 is 12.6. The SMILES string of the molecule is NCC(N)c1cnc(F)c(Cl)c1. The molecule has 1 aromatic heterocycles. The van der Waals surface area contributed by atoms with Crippen molar-refractivity contribution in [1.82, 2.24) is 4.98 Å². The average Bonchev–Trinajstić information content (AvgIpc) is 2.08. The van der Waals surface area contributed by atoms with Crippen LogP contribution >= 0.6 is 11.6 Å². The minimum atomic E-state index is -0.690. The lowest BCUT2D eigenvalue weighted by molar-refractivity contribution is 0.580. The van der Waals surface area contributed by atoms with Crippen LogP contribution in [0.15, 0.2) is 12.3 Å². The molecule has 0 amide bonds. The number of hydrogen-bond donors (Lipinski definition) is 2. The standard InChI is InChI=1S/C7H9ClFN3/c8-5-1-4(6(11)2-10)3-12-7(5)9/h1,3,6H,2,10-11H2. The van der Waals surface area contributed by atoms with E-state index in [0.717, 1.165) is 0 Å². The summed E-state index contributed by atoms with van der Waals surface area (Å²) in [6, 6.07) is 1.09. The Balaban J connectivity index is 2.96. The second-order valence-electron chi connectivity index (χ2n) is 2.38. The molecule has 1 aromatic rings. The molecule has 0 aromatic carbocycles. The third-order valence-corrected chi connectivity index (χ3v) is 1.76. The Kier molecular flexibility index (Phi) is 2.97. The van der Waals surface area contributed by atoms with Crippen LogP contribution in [0.4, 0.5) is 4.39 Å². The highest BCUT2D eigenvalue weighted by Gasteiger charge is 2.07. The highest BCUT2D eigenvalue weighted by atomic mass is 35.5. The van der Waals surface area contributed by atoms with E-state index in [1.807, 2.05) is 0 Å². The van der Waals surface area contributed by atoms with Crippen LogP contribution in [0.5, 0.6) is 0 Å². The number of halogens is 2. The maximum atomic E-state index is 12.6. The summed E-state index contributed by atoms with van der Waals surface area (Å²) in [6.07, 6.45) is 1.33. The van der Waals surface area contributed by atoms with Crippen LogP contribution in [-0.4, -0.2) is 11.5 Å².